The largest absolute Gasteiger partial charge is 0.208 e. The molecule has 0 unspecified atom stereocenters. The highest BCUT2D eigenvalue weighted by atomic mass is 15.0. The fourth-order valence-corrected chi connectivity index (χ4v) is 9.23. The first-order valence-corrected chi connectivity index (χ1v) is 20.8. The molecule has 1 aliphatic rings. The van der Waals surface area contributed by atoms with Gasteiger partial charge in [0.25, 0.3) is 0 Å². The van der Waals surface area contributed by atoms with E-state index in [1.807, 2.05) is 30.3 Å². The average molecular weight is 778 g/mol. The molecule has 0 aliphatic heterocycles. The summed E-state index contributed by atoms with van der Waals surface area (Å²) in [6.07, 6.45) is 0. The van der Waals surface area contributed by atoms with Crippen LogP contribution >= 0.6 is 0 Å². The molecular weight excluding hydrogens is 739 g/mol. The normalized spacial score (nSPS) is 12.4. The second-order valence-electron chi connectivity index (χ2n) is 15.5. The second kappa shape index (κ2) is 15.3. The van der Waals surface area contributed by atoms with E-state index in [0.29, 0.717) is 17.5 Å². The number of benzene rings is 9. The molecule has 61 heavy (non-hydrogen) atoms. The number of aromatic nitrogens is 3. The van der Waals surface area contributed by atoms with Gasteiger partial charge >= 0.3 is 0 Å². The topological polar surface area (TPSA) is 38.7 Å². The number of hydrogen-bond acceptors (Lipinski definition) is 3. The Hall–Kier alpha value is -8.01. The molecule has 0 saturated heterocycles. The molecule has 0 spiro atoms. The standard InChI is InChI=1S/C58H39N3/c1-6-19-40(20-7-1)45-37-46(41-21-8-2-9-22-41)39-47(38-45)57-60-55(43-23-10-3-11-24-43)59-56(61-57)44-35-33-42(34-36-44)50-30-18-32-53-54(50)51-29-16-17-31-52(51)58(53,48-25-12-4-13-26-48)49-27-14-5-15-28-49/h1-39H. The molecule has 11 rings (SSSR count). The van der Waals surface area contributed by atoms with E-state index in [9.17, 15) is 0 Å². The summed E-state index contributed by atoms with van der Waals surface area (Å²) in [5.41, 5.74) is 16.7. The SMILES string of the molecule is c1ccc(-c2cc(-c3ccccc3)cc(-c3nc(-c4ccccc4)nc(-c4ccc(-c5cccc6c5-c5ccccc5C6(c5ccccc5)c5ccccc5)cc4)n3)c2)cc1. The van der Waals surface area contributed by atoms with E-state index in [1.165, 1.54) is 38.9 Å². The van der Waals surface area contributed by atoms with Crippen molar-refractivity contribution in [3.63, 3.8) is 0 Å². The lowest BCUT2D eigenvalue weighted by Gasteiger charge is -2.34. The predicted molar refractivity (Wildman–Crippen MR) is 250 cm³/mol. The molecule has 0 N–H and O–H groups in total. The lowest BCUT2D eigenvalue weighted by Crippen LogP contribution is -2.28. The van der Waals surface area contributed by atoms with Crippen LogP contribution in [0.25, 0.3) is 78.7 Å². The highest BCUT2D eigenvalue weighted by Gasteiger charge is 2.46. The highest BCUT2D eigenvalue weighted by molar-refractivity contribution is 5.95. The first kappa shape index (κ1) is 36.1. The van der Waals surface area contributed by atoms with Gasteiger partial charge in [-0.15, -0.1) is 0 Å². The molecule has 286 valence electrons. The zero-order valence-electron chi connectivity index (χ0n) is 33.4. The minimum Gasteiger partial charge on any atom is -0.208 e. The Bertz CT molecular complexity index is 3050. The van der Waals surface area contributed by atoms with Gasteiger partial charge in [-0.05, 0) is 85.0 Å². The maximum absolute atomic E-state index is 5.22. The third kappa shape index (κ3) is 6.35. The van der Waals surface area contributed by atoms with Crippen LogP contribution in [0.1, 0.15) is 22.3 Å². The first-order valence-electron chi connectivity index (χ1n) is 20.8. The van der Waals surface area contributed by atoms with Crippen LogP contribution in [0.5, 0.6) is 0 Å². The monoisotopic (exact) mass is 777 g/mol. The quantitative estimate of drug-likeness (QED) is 0.154. The summed E-state index contributed by atoms with van der Waals surface area (Å²) < 4.78 is 0. The van der Waals surface area contributed by atoms with Gasteiger partial charge in [0.15, 0.2) is 17.5 Å². The van der Waals surface area contributed by atoms with Gasteiger partial charge in [-0.25, -0.2) is 15.0 Å². The minimum absolute atomic E-state index is 0.461. The lowest BCUT2D eigenvalue weighted by molar-refractivity contribution is 0.768. The van der Waals surface area contributed by atoms with Crippen molar-refractivity contribution < 1.29 is 0 Å². The average Bonchev–Trinajstić information content (AvgIpc) is 3.66. The summed E-state index contributed by atoms with van der Waals surface area (Å²) in [7, 11) is 0. The predicted octanol–water partition coefficient (Wildman–Crippen LogP) is 14.2. The Kier molecular flexibility index (Phi) is 9.05. The third-order valence-corrected chi connectivity index (χ3v) is 12.0. The second-order valence-corrected chi connectivity index (χ2v) is 15.5. The molecule has 1 aromatic heterocycles. The van der Waals surface area contributed by atoms with Crippen molar-refractivity contribution >= 4 is 0 Å². The van der Waals surface area contributed by atoms with E-state index < -0.39 is 5.41 Å². The minimum atomic E-state index is -0.461. The Balaban J connectivity index is 1.06. The fraction of sp³-hybridized carbons (Fsp3) is 0.0172. The fourth-order valence-electron chi connectivity index (χ4n) is 9.23. The van der Waals surface area contributed by atoms with Crippen molar-refractivity contribution in [1.29, 1.82) is 0 Å². The summed E-state index contributed by atoms with van der Waals surface area (Å²) in [5.74, 6) is 1.88. The Morgan fingerprint density at radius 1 is 0.246 bits per heavy atom. The van der Waals surface area contributed by atoms with Crippen molar-refractivity contribution in [3.8, 4) is 78.7 Å². The van der Waals surface area contributed by atoms with Crippen molar-refractivity contribution in [3.05, 3.63) is 259 Å². The summed E-state index contributed by atoms with van der Waals surface area (Å²) >= 11 is 0. The number of rotatable bonds is 8. The van der Waals surface area contributed by atoms with Gasteiger partial charge in [-0.1, -0.05) is 218 Å². The van der Waals surface area contributed by atoms with Gasteiger partial charge in [0.1, 0.15) is 0 Å². The summed E-state index contributed by atoms with van der Waals surface area (Å²) in [6.45, 7) is 0. The van der Waals surface area contributed by atoms with Gasteiger partial charge in [0.2, 0.25) is 0 Å². The smallest absolute Gasteiger partial charge is 0.164 e. The van der Waals surface area contributed by atoms with E-state index in [2.05, 4.69) is 206 Å². The van der Waals surface area contributed by atoms with Crippen LogP contribution in [0, 0.1) is 0 Å². The Labute approximate surface area is 356 Å². The van der Waals surface area contributed by atoms with Crippen molar-refractivity contribution in [1.82, 2.24) is 15.0 Å². The van der Waals surface area contributed by atoms with E-state index in [0.717, 1.165) is 44.5 Å². The zero-order valence-corrected chi connectivity index (χ0v) is 33.4. The highest BCUT2D eigenvalue weighted by Crippen LogP contribution is 2.58. The van der Waals surface area contributed by atoms with Crippen molar-refractivity contribution in [2.24, 2.45) is 0 Å². The Morgan fingerprint density at radius 3 is 1.16 bits per heavy atom. The molecule has 1 aliphatic carbocycles. The van der Waals surface area contributed by atoms with Crippen molar-refractivity contribution in [2.45, 2.75) is 5.41 Å². The van der Waals surface area contributed by atoms with Crippen LogP contribution in [0.3, 0.4) is 0 Å². The summed E-state index contributed by atoms with van der Waals surface area (Å²) in [4.78, 5) is 15.5. The van der Waals surface area contributed by atoms with E-state index in [1.54, 1.807) is 0 Å². The molecule has 0 atom stereocenters. The van der Waals surface area contributed by atoms with Gasteiger partial charge < -0.3 is 0 Å². The molecular formula is C58H39N3. The molecule has 0 saturated carbocycles. The van der Waals surface area contributed by atoms with Gasteiger partial charge in [-0.2, -0.15) is 0 Å². The van der Waals surface area contributed by atoms with E-state index in [4.69, 9.17) is 15.0 Å². The first-order chi connectivity index (χ1) is 30.2. The molecule has 10 aromatic rings. The van der Waals surface area contributed by atoms with Crippen LogP contribution < -0.4 is 0 Å². The lowest BCUT2D eigenvalue weighted by atomic mass is 9.67. The van der Waals surface area contributed by atoms with Crippen LogP contribution in [-0.4, -0.2) is 15.0 Å². The molecule has 3 heteroatoms. The van der Waals surface area contributed by atoms with Crippen LogP contribution in [-0.2, 0) is 5.41 Å². The Morgan fingerprint density at radius 2 is 0.623 bits per heavy atom. The molecule has 0 fully saturated rings. The molecule has 0 bridgehead atoms. The van der Waals surface area contributed by atoms with Crippen LogP contribution in [0.15, 0.2) is 237 Å². The summed E-state index contributed by atoms with van der Waals surface area (Å²) in [6, 6.07) is 84.2. The molecule has 0 radical (unpaired) electrons. The molecule has 3 nitrogen and oxygen atoms in total. The number of hydrogen-bond donors (Lipinski definition) is 0. The van der Waals surface area contributed by atoms with Crippen LogP contribution in [0.2, 0.25) is 0 Å². The van der Waals surface area contributed by atoms with Gasteiger partial charge in [-0.3, -0.25) is 0 Å². The number of nitrogens with zero attached hydrogens (tertiary/aromatic N) is 3. The van der Waals surface area contributed by atoms with E-state index >= 15 is 0 Å². The van der Waals surface area contributed by atoms with Crippen LogP contribution in [0.4, 0.5) is 0 Å². The maximum Gasteiger partial charge on any atom is 0.164 e. The van der Waals surface area contributed by atoms with E-state index in [-0.39, 0.29) is 0 Å². The summed E-state index contributed by atoms with van der Waals surface area (Å²) in [5, 5.41) is 0. The van der Waals surface area contributed by atoms with Gasteiger partial charge in [0, 0.05) is 16.7 Å². The molecule has 1 heterocycles. The third-order valence-electron chi connectivity index (χ3n) is 12.0. The van der Waals surface area contributed by atoms with Gasteiger partial charge in [0.05, 0.1) is 5.41 Å². The van der Waals surface area contributed by atoms with Crippen molar-refractivity contribution in [2.75, 3.05) is 0 Å². The maximum atomic E-state index is 5.22. The zero-order chi connectivity index (χ0) is 40.6. The molecule has 0 amide bonds. The molecule has 9 aromatic carbocycles. The number of fused-ring (bicyclic) bond motifs is 3.